The number of para-hydroxylation sites is 1. The van der Waals surface area contributed by atoms with Gasteiger partial charge < -0.3 is 5.73 Å². The van der Waals surface area contributed by atoms with Crippen molar-refractivity contribution in [2.45, 2.75) is 19.8 Å². The van der Waals surface area contributed by atoms with Crippen molar-refractivity contribution in [3.8, 4) is 0 Å². The van der Waals surface area contributed by atoms with Gasteiger partial charge in [-0.05, 0) is 25.0 Å². The van der Waals surface area contributed by atoms with Crippen molar-refractivity contribution in [3.05, 3.63) is 40.5 Å². The van der Waals surface area contributed by atoms with Crippen LogP contribution in [-0.2, 0) is 11.2 Å². The van der Waals surface area contributed by atoms with Crippen molar-refractivity contribution in [1.29, 1.82) is 0 Å². The molecule has 0 radical (unpaired) electrons. The molecule has 0 atom stereocenters. The van der Waals surface area contributed by atoms with E-state index in [4.69, 9.17) is 17.3 Å². The lowest BCUT2D eigenvalue weighted by molar-refractivity contribution is -0.117. The minimum absolute atomic E-state index is 0.305. The van der Waals surface area contributed by atoms with Crippen LogP contribution in [0.3, 0.4) is 0 Å². The van der Waals surface area contributed by atoms with E-state index in [1.807, 2.05) is 31.2 Å². The Balaban J connectivity index is 2.52. The van der Waals surface area contributed by atoms with Crippen molar-refractivity contribution in [3.63, 3.8) is 0 Å². The van der Waals surface area contributed by atoms with E-state index in [9.17, 15) is 4.79 Å². The van der Waals surface area contributed by atoms with Gasteiger partial charge in [-0.3, -0.25) is 9.78 Å². The van der Waals surface area contributed by atoms with Crippen molar-refractivity contribution in [2.24, 2.45) is 5.73 Å². The number of halogens is 1. The van der Waals surface area contributed by atoms with Gasteiger partial charge in [0.25, 0.3) is 0 Å². The molecule has 2 N–H and O–H groups in total. The highest BCUT2D eigenvalue weighted by Crippen LogP contribution is 2.26. The maximum Gasteiger partial charge on any atom is 0.217 e. The number of pyridine rings is 1. The number of aryl methyl sites for hydroxylation is 2. The molecule has 0 saturated carbocycles. The average Bonchev–Trinajstić information content (AvgIpc) is 2.26. The molecule has 88 valence electrons. The maximum atomic E-state index is 10.8. The summed E-state index contributed by atoms with van der Waals surface area (Å²) in [5, 5.41) is 1.60. The summed E-state index contributed by atoms with van der Waals surface area (Å²) >= 11 is 6.17. The lowest BCUT2D eigenvalue weighted by atomic mass is 10.0. The fourth-order valence-electron chi connectivity index (χ4n) is 1.85. The van der Waals surface area contributed by atoms with Gasteiger partial charge >= 0.3 is 0 Å². The summed E-state index contributed by atoms with van der Waals surface area (Å²) in [6.45, 7) is 1.90. The molecule has 0 aliphatic heterocycles. The third-order valence-corrected chi connectivity index (χ3v) is 2.95. The van der Waals surface area contributed by atoms with Gasteiger partial charge in [0.15, 0.2) is 0 Å². The molecule has 0 saturated heterocycles. The number of nitrogens with zero attached hydrogens (tertiary/aromatic N) is 1. The summed E-state index contributed by atoms with van der Waals surface area (Å²) < 4.78 is 0. The van der Waals surface area contributed by atoms with Crippen LogP contribution >= 0.6 is 11.6 Å². The first-order valence-corrected chi connectivity index (χ1v) is 5.79. The Morgan fingerprint density at radius 3 is 2.94 bits per heavy atom. The van der Waals surface area contributed by atoms with Gasteiger partial charge in [0.1, 0.15) is 0 Å². The summed E-state index contributed by atoms with van der Waals surface area (Å²) in [5.74, 6) is -0.305. The van der Waals surface area contributed by atoms with Crippen LogP contribution in [0, 0.1) is 6.92 Å². The van der Waals surface area contributed by atoms with E-state index in [-0.39, 0.29) is 5.91 Å². The van der Waals surface area contributed by atoms with Gasteiger partial charge in [-0.15, -0.1) is 0 Å². The lowest BCUT2D eigenvalue weighted by Crippen LogP contribution is -2.11. The fourth-order valence-corrected chi connectivity index (χ4v) is 2.16. The predicted molar refractivity (Wildman–Crippen MR) is 69.0 cm³/mol. The van der Waals surface area contributed by atoms with Gasteiger partial charge in [0.05, 0.1) is 10.5 Å². The molecule has 1 heterocycles. The van der Waals surface area contributed by atoms with Gasteiger partial charge in [0, 0.05) is 17.5 Å². The summed E-state index contributed by atoms with van der Waals surface area (Å²) in [4.78, 5) is 15.3. The van der Waals surface area contributed by atoms with Gasteiger partial charge in [-0.1, -0.05) is 29.8 Å². The maximum absolute atomic E-state index is 10.8. The highest BCUT2D eigenvalue weighted by atomic mass is 35.5. The number of hydrogen-bond donors (Lipinski definition) is 1. The standard InChI is InChI=1S/C13H13ClN2O/c1-8-7-11(14)10-4-2-3-9(13(10)16-8)5-6-12(15)17/h2-4,7H,5-6H2,1H3,(H2,15,17). The van der Waals surface area contributed by atoms with Crippen LogP contribution in [0.15, 0.2) is 24.3 Å². The van der Waals surface area contributed by atoms with Crippen LogP contribution < -0.4 is 5.73 Å². The van der Waals surface area contributed by atoms with Crippen molar-refractivity contribution >= 4 is 28.4 Å². The second kappa shape index (κ2) is 4.72. The average molecular weight is 249 g/mol. The zero-order valence-corrected chi connectivity index (χ0v) is 10.3. The first kappa shape index (κ1) is 11.9. The summed E-state index contributed by atoms with van der Waals surface area (Å²) in [7, 11) is 0. The number of carbonyl (C=O) groups is 1. The number of fused-ring (bicyclic) bond motifs is 1. The second-order valence-corrected chi connectivity index (χ2v) is 4.43. The van der Waals surface area contributed by atoms with E-state index < -0.39 is 0 Å². The molecule has 2 rings (SSSR count). The number of aromatic nitrogens is 1. The molecule has 0 aliphatic rings. The Morgan fingerprint density at radius 1 is 1.47 bits per heavy atom. The van der Waals surface area contributed by atoms with Crippen molar-refractivity contribution in [2.75, 3.05) is 0 Å². The number of benzene rings is 1. The predicted octanol–water partition coefficient (Wildman–Crippen LogP) is 2.61. The number of primary amides is 1. The number of carbonyl (C=O) groups excluding carboxylic acids is 1. The molecule has 17 heavy (non-hydrogen) atoms. The smallest absolute Gasteiger partial charge is 0.217 e. The van der Waals surface area contributed by atoms with E-state index in [2.05, 4.69) is 4.98 Å². The zero-order valence-electron chi connectivity index (χ0n) is 9.53. The molecule has 0 bridgehead atoms. The molecule has 0 unspecified atom stereocenters. The van der Waals surface area contributed by atoms with Crippen LogP contribution in [0.5, 0.6) is 0 Å². The van der Waals surface area contributed by atoms with E-state index in [1.165, 1.54) is 0 Å². The Bertz CT molecular complexity index is 581. The normalized spacial score (nSPS) is 10.7. The highest BCUT2D eigenvalue weighted by Gasteiger charge is 2.07. The molecule has 2 aromatic rings. The molecule has 4 heteroatoms. The lowest BCUT2D eigenvalue weighted by Gasteiger charge is -2.07. The fraction of sp³-hybridized carbons (Fsp3) is 0.231. The Hall–Kier alpha value is -1.61. The van der Waals surface area contributed by atoms with E-state index >= 15 is 0 Å². The molecule has 0 fully saturated rings. The second-order valence-electron chi connectivity index (χ2n) is 4.03. The molecular weight excluding hydrogens is 236 g/mol. The molecule has 0 spiro atoms. The summed E-state index contributed by atoms with van der Waals surface area (Å²) in [5.41, 5.74) is 7.89. The highest BCUT2D eigenvalue weighted by molar-refractivity contribution is 6.35. The monoisotopic (exact) mass is 248 g/mol. The summed E-state index contributed by atoms with van der Waals surface area (Å²) in [6, 6.07) is 7.63. The van der Waals surface area contributed by atoms with Gasteiger partial charge in [-0.2, -0.15) is 0 Å². The number of rotatable bonds is 3. The largest absolute Gasteiger partial charge is 0.370 e. The van der Waals surface area contributed by atoms with E-state index in [0.717, 1.165) is 22.2 Å². The van der Waals surface area contributed by atoms with Crippen LogP contribution in [-0.4, -0.2) is 10.9 Å². The number of nitrogens with two attached hydrogens (primary N) is 1. The van der Waals surface area contributed by atoms with E-state index in [0.29, 0.717) is 17.9 Å². The molecule has 1 aromatic carbocycles. The van der Waals surface area contributed by atoms with Crippen LogP contribution in [0.2, 0.25) is 5.02 Å². The molecule has 1 aromatic heterocycles. The summed E-state index contributed by atoms with van der Waals surface area (Å²) in [6.07, 6.45) is 0.922. The SMILES string of the molecule is Cc1cc(Cl)c2cccc(CCC(N)=O)c2n1. The van der Waals surface area contributed by atoms with Crippen molar-refractivity contribution < 1.29 is 4.79 Å². The third kappa shape index (κ3) is 2.56. The topological polar surface area (TPSA) is 56.0 Å². The quantitative estimate of drug-likeness (QED) is 0.908. The van der Waals surface area contributed by atoms with Gasteiger partial charge in [0.2, 0.25) is 5.91 Å². The molecular formula is C13H13ClN2O. The Labute approximate surface area is 105 Å². The first-order valence-electron chi connectivity index (χ1n) is 5.41. The van der Waals surface area contributed by atoms with Gasteiger partial charge in [-0.25, -0.2) is 0 Å². The van der Waals surface area contributed by atoms with Crippen LogP contribution in [0.4, 0.5) is 0 Å². The zero-order chi connectivity index (χ0) is 12.4. The first-order chi connectivity index (χ1) is 8.08. The Kier molecular flexibility index (Phi) is 3.29. The van der Waals surface area contributed by atoms with Crippen molar-refractivity contribution in [1.82, 2.24) is 4.98 Å². The Morgan fingerprint density at radius 2 is 2.24 bits per heavy atom. The minimum Gasteiger partial charge on any atom is -0.370 e. The minimum atomic E-state index is -0.305. The number of amides is 1. The number of hydrogen-bond acceptors (Lipinski definition) is 2. The molecule has 1 amide bonds. The van der Waals surface area contributed by atoms with Crippen LogP contribution in [0.25, 0.3) is 10.9 Å². The van der Waals surface area contributed by atoms with E-state index in [1.54, 1.807) is 0 Å². The third-order valence-electron chi connectivity index (χ3n) is 2.64. The molecule has 0 aliphatic carbocycles. The molecule has 3 nitrogen and oxygen atoms in total. The van der Waals surface area contributed by atoms with Crippen LogP contribution in [0.1, 0.15) is 17.7 Å².